The van der Waals surface area contributed by atoms with Crippen LogP contribution in [0.2, 0.25) is 10.0 Å². The molecule has 1 unspecified atom stereocenters. The van der Waals surface area contributed by atoms with Gasteiger partial charge < -0.3 is 15.2 Å². The lowest BCUT2D eigenvalue weighted by molar-refractivity contribution is 0.0696. The molecule has 1 amide bonds. The quantitative estimate of drug-likeness (QED) is 0.510. The van der Waals surface area contributed by atoms with E-state index >= 15 is 0 Å². The molecule has 3 rings (SSSR count). The van der Waals surface area contributed by atoms with E-state index in [9.17, 15) is 9.59 Å². The molecular weight excluding hydrogens is 427 g/mol. The third-order valence-electron chi connectivity index (χ3n) is 4.43. The Morgan fingerprint density at radius 3 is 2.43 bits per heavy atom. The number of carbonyl (C=O) groups is 2. The zero-order chi connectivity index (χ0) is 21.8. The topological polar surface area (TPSA) is 88.5 Å². The molecule has 0 aliphatic carbocycles. The van der Waals surface area contributed by atoms with Gasteiger partial charge in [-0.15, -0.1) is 0 Å². The van der Waals surface area contributed by atoms with Crippen LogP contribution >= 0.6 is 23.2 Å². The molecule has 6 nitrogen and oxygen atoms in total. The Morgan fingerprint density at radius 1 is 1.10 bits per heavy atom. The lowest BCUT2D eigenvalue weighted by Crippen LogP contribution is -2.27. The van der Waals surface area contributed by atoms with Gasteiger partial charge in [-0.05, 0) is 55.3 Å². The van der Waals surface area contributed by atoms with Crippen LogP contribution in [0, 0.1) is 6.92 Å². The number of halogens is 2. The van der Waals surface area contributed by atoms with Crippen molar-refractivity contribution in [1.29, 1.82) is 0 Å². The summed E-state index contributed by atoms with van der Waals surface area (Å²) in [7, 11) is 0. The normalized spacial score (nSPS) is 11.6. The van der Waals surface area contributed by atoms with E-state index in [1.807, 2.05) is 6.92 Å². The minimum atomic E-state index is -1.01. The lowest BCUT2D eigenvalue weighted by Gasteiger charge is -2.16. The molecule has 0 aliphatic heterocycles. The van der Waals surface area contributed by atoms with Gasteiger partial charge >= 0.3 is 5.97 Å². The fourth-order valence-electron chi connectivity index (χ4n) is 2.69. The highest BCUT2D eigenvalue weighted by molar-refractivity contribution is 6.31. The molecule has 0 saturated heterocycles. The van der Waals surface area contributed by atoms with Crippen LogP contribution in [0.3, 0.4) is 0 Å². The van der Waals surface area contributed by atoms with Crippen molar-refractivity contribution in [2.75, 3.05) is 0 Å². The maximum atomic E-state index is 12.9. The van der Waals surface area contributed by atoms with Crippen molar-refractivity contribution in [3.63, 3.8) is 0 Å². The van der Waals surface area contributed by atoms with Gasteiger partial charge in [-0.1, -0.05) is 41.4 Å². The van der Waals surface area contributed by atoms with Crippen molar-refractivity contribution in [2.45, 2.75) is 19.9 Å². The van der Waals surface area contributed by atoms with Gasteiger partial charge in [0.2, 0.25) is 5.88 Å². The van der Waals surface area contributed by atoms with Gasteiger partial charge in [0.15, 0.2) is 0 Å². The molecule has 154 valence electrons. The van der Waals surface area contributed by atoms with Crippen LogP contribution in [0.4, 0.5) is 0 Å². The van der Waals surface area contributed by atoms with Crippen molar-refractivity contribution < 1.29 is 19.4 Å². The van der Waals surface area contributed by atoms with Gasteiger partial charge in [-0.3, -0.25) is 4.79 Å². The molecule has 0 spiro atoms. The SMILES string of the molecule is Cc1ccc(Oc2ncc(Cl)cc2C(=O)NC(C)c2ccc(C(=O)O)cc2)cc1Cl. The van der Waals surface area contributed by atoms with Gasteiger partial charge in [0, 0.05) is 11.2 Å². The van der Waals surface area contributed by atoms with E-state index in [0.29, 0.717) is 10.8 Å². The monoisotopic (exact) mass is 444 g/mol. The van der Waals surface area contributed by atoms with Crippen LogP contribution in [-0.2, 0) is 0 Å². The maximum absolute atomic E-state index is 12.9. The molecule has 2 aromatic carbocycles. The minimum Gasteiger partial charge on any atom is -0.478 e. The first-order chi connectivity index (χ1) is 14.2. The van der Waals surface area contributed by atoms with Crippen LogP contribution in [0.1, 0.15) is 44.8 Å². The average Bonchev–Trinajstić information content (AvgIpc) is 2.72. The number of carboxylic acid groups (broad SMARTS) is 1. The molecule has 2 N–H and O–H groups in total. The standard InChI is InChI=1S/C22H18Cl2N2O4/c1-12-3-8-17(10-19(12)24)30-21-18(9-16(23)11-25-21)20(27)26-13(2)14-4-6-15(7-5-14)22(28)29/h3-11,13H,1-2H3,(H,26,27)(H,28,29). The van der Waals surface area contributed by atoms with E-state index in [1.165, 1.54) is 24.4 Å². The highest BCUT2D eigenvalue weighted by Gasteiger charge is 2.19. The number of ether oxygens (including phenoxy) is 1. The number of nitrogens with one attached hydrogen (secondary N) is 1. The second-order valence-corrected chi connectivity index (χ2v) is 7.49. The number of aromatic nitrogens is 1. The molecule has 1 aromatic heterocycles. The Labute approximate surface area is 183 Å². The second kappa shape index (κ2) is 9.15. The van der Waals surface area contributed by atoms with Crippen LogP contribution < -0.4 is 10.1 Å². The summed E-state index contributed by atoms with van der Waals surface area (Å²) in [5.74, 6) is -0.925. The van der Waals surface area contributed by atoms with E-state index in [2.05, 4.69) is 10.3 Å². The first-order valence-electron chi connectivity index (χ1n) is 8.98. The molecule has 3 aromatic rings. The van der Waals surface area contributed by atoms with Crippen LogP contribution in [-0.4, -0.2) is 22.0 Å². The van der Waals surface area contributed by atoms with E-state index in [1.54, 1.807) is 37.3 Å². The van der Waals surface area contributed by atoms with Crippen molar-refractivity contribution >= 4 is 35.1 Å². The number of aromatic carboxylic acids is 1. The van der Waals surface area contributed by atoms with E-state index < -0.39 is 11.9 Å². The van der Waals surface area contributed by atoms with Crippen LogP contribution in [0.15, 0.2) is 54.7 Å². The minimum absolute atomic E-state index is 0.0882. The number of carboxylic acids is 1. The summed E-state index contributed by atoms with van der Waals surface area (Å²) in [6.07, 6.45) is 1.39. The zero-order valence-electron chi connectivity index (χ0n) is 16.1. The molecule has 30 heavy (non-hydrogen) atoms. The molecule has 0 radical (unpaired) electrons. The Balaban J connectivity index is 1.81. The van der Waals surface area contributed by atoms with Gasteiger partial charge in [-0.2, -0.15) is 0 Å². The Hall–Kier alpha value is -3.09. The molecule has 1 heterocycles. The van der Waals surface area contributed by atoms with E-state index in [0.717, 1.165) is 11.1 Å². The van der Waals surface area contributed by atoms with E-state index in [-0.39, 0.29) is 28.1 Å². The number of benzene rings is 2. The summed E-state index contributed by atoms with van der Waals surface area (Å²) < 4.78 is 5.77. The molecule has 0 fully saturated rings. The predicted octanol–water partition coefficient (Wildman–Crippen LogP) is 5.68. The third kappa shape index (κ3) is 5.09. The van der Waals surface area contributed by atoms with Gasteiger partial charge in [0.05, 0.1) is 16.6 Å². The summed E-state index contributed by atoms with van der Waals surface area (Å²) in [5, 5.41) is 12.7. The second-order valence-electron chi connectivity index (χ2n) is 6.64. The van der Waals surface area contributed by atoms with E-state index in [4.69, 9.17) is 33.0 Å². The summed E-state index contributed by atoms with van der Waals surface area (Å²) in [6.45, 7) is 3.65. The van der Waals surface area contributed by atoms with Crippen molar-refractivity contribution in [1.82, 2.24) is 10.3 Å². The molecule has 0 bridgehead atoms. The summed E-state index contributed by atoms with van der Waals surface area (Å²) in [6, 6.07) is 12.5. The number of nitrogens with zero attached hydrogens (tertiary/aromatic N) is 1. The lowest BCUT2D eigenvalue weighted by atomic mass is 10.1. The Bertz CT molecular complexity index is 1100. The molecule has 8 heteroatoms. The van der Waals surface area contributed by atoms with Crippen molar-refractivity contribution in [3.8, 4) is 11.6 Å². The fourth-order valence-corrected chi connectivity index (χ4v) is 3.02. The number of carbonyl (C=O) groups excluding carboxylic acids is 1. The maximum Gasteiger partial charge on any atom is 0.335 e. The molecule has 1 atom stereocenters. The highest BCUT2D eigenvalue weighted by Crippen LogP contribution is 2.29. The predicted molar refractivity (Wildman–Crippen MR) is 115 cm³/mol. The number of hydrogen-bond donors (Lipinski definition) is 2. The first-order valence-corrected chi connectivity index (χ1v) is 9.74. The van der Waals surface area contributed by atoms with Crippen LogP contribution in [0.25, 0.3) is 0 Å². The molecular formula is C22H18Cl2N2O4. The largest absolute Gasteiger partial charge is 0.478 e. The number of pyridine rings is 1. The summed E-state index contributed by atoms with van der Waals surface area (Å²) >= 11 is 12.2. The smallest absolute Gasteiger partial charge is 0.335 e. The summed E-state index contributed by atoms with van der Waals surface area (Å²) in [5.41, 5.74) is 1.97. The molecule has 0 saturated carbocycles. The van der Waals surface area contributed by atoms with Gasteiger partial charge in [0.1, 0.15) is 11.3 Å². The number of rotatable bonds is 6. The highest BCUT2D eigenvalue weighted by atomic mass is 35.5. The Kier molecular flexibility index (Phi) is 6.59. The number of amides is 1. The first kappa shape index (κ1) is 21.6. The Morgan fingerprint density at radius 2 is 1.80 bits per heavy atom. The zero-order valence-corrected chi connectivity index (χ0v) is 17.7. The van der Waals surface area contributed by atoms with Crippen molar-refractivity contribution in [3.05, 3.63) is 87.0 Å². The number of hydrogen-bond acceptors (Lipinski definition) is 4. The number of aryl methyl sites for hydroxylation is 1. The average molecular weight is 445 g/mol. The van der Waals surface area contributed by atoms with Crippen molar-refractivity contribution in [2.24, 2.45) is 0 Å². The summed E-state index contributed by atoms with van der Waals surface area (Å²) in [4.78, 5) is 28.0. The van der Waals surface area contributed by atoms with Crippen LogP contribution in [0.5, 0.6) is 11.6 Å². The van der Waals surface area contributed by atoms with Gasteiger partial charge in [0.25, 0.3) is 5.91 Å². The fraction of sp³-hybridized carbons (Fsp3) is 0.136. The van der Waals surface area contributed by atoms with Gasteiger partial charge in [-0.25, -0.2) is 9.78 Å². The molecule has 0 aliphatic rings. The third-order valence-corrected chi connectivity index (χ3v) is 5.04.